The molecule has 2 aliphatic rings. The Morgan fingerprint density at radius 2 is 1.22 bits per heavy atom. The molecule has 0 saturated heterocycles. The smallest absolute Gasteiger partial charge is 0.297 e. The average molecular weight is 791 g/mol. The van der Waals surface area contributed by atoms with Crippen molar-refractivity contribution in [2.75, 3.05) is 11.1 Å². The fourth-order valence-corrected chi connectivity index (χ4v) is 9.69. The summed E-state index contributed by atoms with van der Waals surface area (Å²) in [4.78, 5) is 61.1. The van der Waals surface area contributed by atoms with Crippen LogP contribution in [-0.4, -0.2) is 58.3 Å². The molecule has 6 aromatic heterocycles. The molecule has 290 valence electrons. The van der Waals surface area contributed by atoms with Crippen molar-refractivity contribution in [2.45, 2.75) is 90.6 Å². The predicted octanol–water partition coefficient (Wildman–Crippen LogP) is 3.56. The highest BCUT2D eigenvalue weighted by atomic mass is 32.1. The largest absolute Gasteiger partial charge is 0.390 e. The third-order valence-electron chi connectivity index (χ3n) is 8.98. The summed E-state index contributed by atoms with van der Waals surface area (Å²) in [6.45, 7) is 15.9. The van der Waals surface area contributed by atoms with Crippen LogP contribution in [0.25, 0.3) is 11.0 Å². The summed E-state index contributed by atoms with van der Waals surface area (Å²) in [5.74, 6) is -1.37. The Morgan fingerprint density at radius 3 is 1.67 bits per heavy atom. The van der Waals surface area contributed by atoms with E-state index < -0.39 is 28.6 Å². The molecule has 0 saturated carbocycles. The molecule has 0 bridgehead atoms. The molecule has 0 aromatic carbocycles. The maximum atomic E-state index is 12.3. The first-order chi connectivity index (χ1) is 25.5. The van der Waals surface area contributed by atoms with E-state index >= 15 is 0 Å². The fourth-order valence-electron chi connectivity index (χ4n) is 7.30. The van der Waals surface area contributed by atoms with Crippen LogP contribution in [0, 0.1) is 0 Å². The Kier molecular flexibility index (Phi) is 9.74. The van der Waals surface area contributed by atoms with Gasteiger partial charge in [-0.2, -0.15) is 24.3 Å². The number of hydrogen-bond acceptors (Lipinski definition) is 13. The van der Waals surface area contributed by atoms with Crippen molar-refractivity contribution in [1.29, 1.82) is 0 Å². The van der Waals surface area contributed by atoms with E-state index in [9.17, 15) is 24.0 Å². The number of carbonyl (C=O) groups is 3. The van der Waals surface area contributed by atoms with Crippen molar-refractivity contribution in [3.05, 3.63) is 95.2 Å². The molecule has 8 rings (SSSR count). The predicted molar refractivity (Wildman–Crippen MR) is 208 cm³/mol. The molecule has 0 fully saturated rings. The Bertz CT molecular complexity index is 2460. The van der Waals surface area contributed by atoms with Crippen LogP contribution in [0.4, 0.5) is 10.0 Å². The number of carbonyl (C=O) groups excluding carboxylic acids is 3. The van der Waals surface area contributed by atoms with Gasteiger partial charge < -0.3 is 32.0 Å². The lowest BCUT2D eigenvalue weighted by molar-refractivity contribution is -0.136. The van der Waals surface area contributed by atoms with Gasteiger partial charge in [0.2, 0.25) is 0 Å². The van der Waals surface area contributed by atoms with Crippen LogP contribution in [0.2, 0.25) is 0 Å². The van der Waals surface area contributed by atoms with Crippen molar-refractivity contribution in [3.63, 3.8) is 0 Å². The van der Waals surface area contributed by atoms with Crippen molar-refractivity contribution in [1.82, 2.24) is 29.4 Å². The number of amides is 3. The molecule has 0 unspecified atom stereocenters. The molecule has 0 aliphatic carbocycles. The van der Waals surface area contributed by atoms with E-state index in [4.69, 9.17) is 26.7 Å². The summed E-state index contributed by atoms with van der Waals surface area (Å²) in [6, 6.07) is 4.54. The number of anilines is 2. The zero-order valence-corrected chi connectivity index (χ0v) is 33.2. The van der Waals surface area contributed by atoms with Crippen LogP contribution < -0.4 is 33.6 Å². The van der Waals surface area contributed by atoms with E-state index in [-0.39, 0.29) is 33.7 Å². The molecule has 55 heavy (non-hydrogen) atoms. The number of thiophene rings is 2. The number of primary amides is 2. The number of nitrogens with zero attached hydrogens (tertiary/aromatic N) is 5. The lowest BCUT2D eigenvalue weighted by atomic mass is 9.86. The molecule has 3 amide bonds. The van der Waals surface area contributed by atoms with Gasteiger partial charge in [0.05, 0.1) is 50.9 Å². The average Bonchev–Trinajstić information content (AvgIpc) is 3.88. The number of H-pyrrole nitrogens is 1. The summed E-state index contributed by atoms with van der Waals surface area (Å²) in [5.41, 5.74) is 18.0. The number of nitrogens with two attached hydrogens (primary N) is 3. The minimum atomic E-state index is -0.567. The van der Waals surface area contributed by atoms with Crippen molar-refractivity contribution < 1.29 is 23.9 Å². The SMILES string of the molecule is CC1(C)Cc2c(sc(N)c2C(N)=O)C(C)(C)O1.CC1(C)Cc2c(sc(NC(=O)c3ccn[nH]3)c2C(N)=O)C(C)(C)O1.O=c1c2ccnn2c(=O)c2ccnn12. The van der Waals surface area contributed by atoms with Crippen LogP contribution in [0.3, 0.4) is 0 Å². The Labute approximate surface area is 322 Å². The van der Waals surface area contributed by atoms with E-state index in [0.29, 0.717) is 39.7 Å². The molecule has 8 heterocycles. The number of ether oxygens (including phenoxy) is 2. The molecule has 0 spiro atoms. The van der Waals surface area contributed by atoms with Crippen molar-refractivity contribution in [3.8, 4) is 0 Å². The van der Waals surface area contributed by atoms with Crippen LogP contribution >= 0.6 is 22.7 Å². The zero-order valence-electron chi connectivity index (χ0n) is 31.5. The van der Waals surface area contributed by atoms with Gasteiger partial charge in [0, 0.05) is 28.8 Å². The summed E-state index contributed by atoms with van der Waals surface area (Å²) >= 11 is 2.74. The first kappa shape index (κ1) is 39.2. The van der Waals surface area contributed by atoms with Gasteiger partial charge in [-0.05, 0) is 84.7 Å². The first-order valence-corrected chi connectivity index (χ1v) is 18.7. The highest BCUT2D eigenvalue weighted by Crippen LogP contribution is 2.49. The Morgan fingerprint density at radius 1 is 0.745 bits per heavy atom. The minimum absolute atomic E-state index is 0.242. The topological polar surface area (TPSA) is 257 Å². The number of fused-ring (bicyclic) bond motifs is 4. The highest BCUT2D eigenvalue weighted by Gasteiger charge is 2.44. The summed E-state index contributed by atoms with van der Waals surface area (Å²) in [6.07, 6.45) is 5.54. The van der Waals surface area contributed by atoms with E-state index in [1.807, 2.05) is 55.4 Å². The molecule has 2 aliphatic heterocycles. The maximum Gasteiger partial charge on any atom is 0.297 e. The van der Waals surface area contributed by atoms with E-state index in [0.717, 1.165) is 29.9 Å². The zero-order chi connectivity index (χ0) is 40.4. The third-order valence-corrected chi connectivity index (χ3v) is 11.8. The van der Waals surface area contributed by atoms with Crippen molar-refractivity contribution in [2.24, 2.45) is 11.5 Å². The second kappa shape index (κ2) is 13.7. The van der Waals surface area contributed by atoms with Gasteiger partial charge in [-0.3, -0.25) is 29.1 Å². The van der Waals surface area contributed by atoms with Crippen LogP contribution in [0.5, 0.6) is 0 Å². The Hall–Kier alpha value is -5.50. The minimum Gasteiger partial charge on any atom is -0.390 e. The normalized spacial score (nSPS) is 17.2. The molecule has 17 nitrogen and oxygen atoms in total. The van der Waals surface area contributed by atoms with Gasteiger partial charge in [-0.25, -0.2) is 0 Å². The highest BCUT2D eigenvalue weighted by molar-refractivity contribution is 7.17. The van der Waals surface area contributed by atoms with Gasteiger partial charge in [0.1, 0.15) is 21.7 Å². The van der Waals surface area contributed by atoms with Gasteiger partial charge in [0.15, 0.2) is 0 Å². The summed E-state index contributed by atoms with van der Waals surface area (Å²) in [5, 5.41) is 17.6. The molecular weight excluding hydrogens is 749 g/mol. The van der Waals surface area contributed by atoms with Crippen LogP contribution in [0.15, 0.2) is 46.4 Å². The van der Waals surface area contributed by atoms with E-state index in [2.05, 4.69) is 25.7 Å². The lowest BCUT2D eigenvalue weighted by Gasteiger charge is -2.41. The number of rotatable bonds is 4. The first-order valence-electron chi connectivity index (χ1n) is 17.1. The number of nitrogens with one attached hydrogen (secondary N) is 2. The molecule has 6 aromatic rings. The van der Waals surface area contributed by atoms with E-state index in [1.54, 1.807) is 6.07 Å². The second-order valence-electron chi connectivity index (χ2n) is 15.4. The molecule has 0 atom stereocenters. The van der Waals surface area contributed by atoms with Gasteiger partial charge in [-0.1, -0.05) is 0 Å². The standard InChI is InChI=1S/C16H20N4O3S.C12H18N2O2S.C8H4N4O2/c1-15(2)7-8-10(12(17)21)14(24-11(8)16(3,4)23-15)19-13(22)9-5-6-18-20-9;1-11(2)5-6-7(9(13)15)10(14)17-8(6)12(3,4)16-11;13-7-5-1-3-9-11(5)8(14)6-2-4-10-12(6)7/h5-6H,7H2,1-4H3,(H2,17,21)(H,18,20)(H,19,22);5,14H2,1-4H3,(H2,13,15);1-4H. The fraction of sp³-hybridized carbons (Fsp3) is 0.389. The quantitative estimate of drug-likeness (QED) is 0.172. The number of aromatic nitrogens is 6. The number of nitrogen functional groups attached to an aromatic ring is 1. The van der Waals surface area contributed by atoms with E-state index in [1.165, 1.54) is 53.4 Å². The monoisotopic (exact) mass is 790 g/mol. The molecular formula is C36H42N10O7S2. The van der Waals surface area contributed by atoms with Crippen LogP contribution in [0.1, 0.15) is 107 Å². The lowest BCUT2D eigenvalue weighted by Crippen LogP contribution is -2.42. The van der Waals surface area contributed by atoms with Crippen LogP contribution in [-0.2, 0) is 33.5 Å². The molecule has 0 radical (unpaired) electrons. The van der Waals surface area contributed by atoms with Gasteiger partial charge in [-0.15, -0.1) is 22.7 Å². The maximum absolute atomic E-state index is 12.3. The summed E-state index contributed by atoms with van der Waals surface area (Å²) in [7, 11) is 0. The molecule has 8 N–H and O–H groups in total. The number of aromatic amines is 1. The van der Waals surface area contributed by atoms with Gasteiger partial charge in [0.25, 0.3) is 28.8 Å². The van der Waals surface area contributed by atoms with Crippen molar-refractivity contribution >= 4 is 61.4 Å². The second-order valence-corrected chi connectivity index (χ2v) is 17.5. The third kappa shape index (κ3) is 7.34. The Balaban J connectivity index is 0.000000146. The number of hydrogen-bond donors (Lipinski definition) is 5. The van der Waals surface area contributed by atoms with Gasteiger partial charge >= 0.3 is 0 Å². The molecule has 19 heteroatoms. The summed E-state index contributed by atoms with van der Waals surface area (Å²) < 4.78 is 14.3.